The van der Waals surface area contributed by atoms with E-state index in [1.54, 1.807) is 47.6 Å². The van der Waals surface area contributed by atoms with Crippen LogP contribution in [0.5, 0.6) is 17.5 Å². The van der Waals surface area contributed by atoms with E-state index >= 15 is 0 Å². The summed E-state index contributed by atoms with van der Waals surface area (Å²) in [6, 6.07) is 17.1. The van der Waals surface area contributed by atoms with Crippen molar-refractivity contribution in [2.24, 2.45) is 0 Å². The monoisotopic (exact) mass is 361 g/mol. The lowest BCUT2D eigenvalue weighted by Gasteiger charge is -2.29. The largest absolute Gasteiger partial charge is 0.484 e. The zero-order valence-electron chi connectivity index (χ0n) is 14.7. The molecule has 1 aliphatic heterocycles. The van der Waals surface area contributed by atoms with Crippen LogP contribution in [0.2, 0.25) is 0 Å². The van der Waals surface area contributed by atoms with Crippen molar-refractivity contribution < 1.29 is 14.3 Å². The van der Waals surface area contributed by atoms with Crippen LogP contribution in [0, 0.1) is 0 Å². The Bertz CT molecular complexity index is 931. The van der Waals surface area contributed by atoms with E-state index < -0.39 is 0 Å². The van der Waals surface area contributed by atoms with Crippen molar-refractivity contribution >= 4 is 11.6 Å². The summed E-state index contributed by atoms with van der Waals surface area (Å²) < 4.78 is 11.3. The third kappa shape index (κ3) is 4.06. The molecule has 0 radical (unpaired) electrons. The Morgan fingerprint density at radius 1 is 1.00 bits per heavy atom. The van der Waals surface area contributed by atoms with Gasteiger partial charge < -0.3 is 14.4 Å². The molecular formula is C21H19N3O3. The Morgan fingerprint density at radius 3 is 2.70 bits per heavy atom. The van der Waals surface area contributed by atoms with Crippen LogP contribution in [0.25, 0.3) is 0 Å². The first-order chi connectivity index (χ1) is 13.3. The number of aryl methyl sites for hydroxylation is 1. The molecule has 2 aromatic carbocycles. The van der Waals surface area contributed by atoms with Gasteiger partial charge in [0.2, 0.25) is 0 Å². The standard InChI is InChI=1S/C21H19N3O3/c25-20(24-13-4-7-16-6-1-2-10-19(16)24)15-26-17-8-3-9-18(14-17)27-21-22-11-5-12-23-21/h1-3,5-6,8-12,14H,4,7,13,15H2. The summed E-state index contributed by atoms with van der Waals surface area (Å²) in [4.78, 5) is 22.5. The number of anilines is 1. The maximum Gasteiger partial charge on any atom is 0.321 e. The second-order valence-corrected chi connectivity index (χ2v) is 6.17. The van der Waals surface area contributed by atoms with Crippen LogP contribution in [0.15, 0.2) is 67.0 Å². The minimum absolute atomic E-state index is 0.0282. The first kappa shape index (κ1) is 17.0. The number of fused-ring (bicyclic) bond motifs is 1. The van der Waals surface area contributed by atoms with Crippen molar-refractivity contribution in [3.8, 4) is 17.5 Å². The van der Waals surface area contributed by atoms with Gasteiger partial charge in [-0.25, -0.2) is 9.97 Å². The van der Waals surface area contributed by atoms with Gasteiger partial charge in [-0.2, -0.15) is 0 Å². The number of amides is 1. The van der Waals surface area contributed by atoms with Gasteiger partial charge in [0, 0.05) is 30.7 Å². The molecule has 136 valence electrons. The normalized spacial score (nSPS) is 13.0. The number of ether oxygens (including phenoxy) is 2. The smallest absolute Gasteiger partial charge is 0.321 e. The van der Waals surface area contributed by atoms with Gasteiger partial charge >= 0.3 is 6.01 Å². The third-order valence-corrected chi connectivity index (χ3v) is 4.33. The molecule has 0 unspecified atom stereocenters. The SMILES string of the molecule is O=C(COc1cccc(Oc2ncccn2)c1)N1CCCc2ccccc21. The van der Waals surface area contributed by atoms with Crippen LogP contribution in [0.1, 0.15) is 12.0 Å². The predicted molar refractivity (Wildman–Crippen MR) is 101 cm³/mol. The Balaban J connectivity index is 1.41. The highest BCUT2D eigenvalue weighted by Gasteiger charge is 2.22. The van der Waals surface area contributed by atoms with Crippen LogP contribution >= 0.6 is 0 Å². The molecule has 2 heterocycles. The van der Waals surface area contributed by atoms with Crippen molar-refractivity contribution in [1.82, 2.24) is 9.97 Å². The topological polar surface area (TPSA) is 64.5 Å². The van der Waals surface area contributed by atoms with Crippen molar-refractivity contribution in [2.45, 2.75) is 12.8 Å². The number of benzene rings is 2. The number of nitrogens with zero attached hydrogens (tertiary/aromatic N) is 3. The highest BCUT2D eigenvalue weighted by atomic mass is 16.5. The first-order valence-electron chi connectivity index (χ1n) is 8.85. The summed E-state index contributed by atoms with van der Waals surface area (Å²) in [7, 11) is 0. The lowest BCUT2D eigenvalue weighted by molar-refractivity contribution is -0.120. The lowest BCUT2D eigenvalue weighted by Crippen LogP contribution is -2.38. The maximum absolute atomic E-state index is 12.7. The van der Waals surface area contributed by atoms with Gasteiger partial charge in [-0.1, -0.05) is 24.3 Å². The van der Waals surface area contributed by atoms with Crippen molar-refractivity contribution in [3.05, 3.63) is 72.6 Å². The number of carbonyl (C=O) groups excluding carboxylic acids is 1. The lowest BCUT2D eigenvalue weighted by atomic mass is 10.0. The Labute approximate surface area is 157 Å². The van der Waals surface area contributed by atoms with Crippen LogP contribution in [0.4, 0.5) is 5.69 Å². The molecule has 1 amide bonds. The van der Waals surface area contributed by atoms with Crippen molar-refractivity contribution in [2.75, 3.05) is 18.1 Å². The molecule has 1 aliphatic rings. The Kier molecular flexibility index (Phi) is 4.96. The molecule has 0 bridgehead atoms. The highest BCUT2D eigenvalue weighted by Crippen LogP contribution is 2.27. The molecule has 0 spiro atoms. The molecule has 0 saturated carbocycles. The average Bonchev–Trinajstić information content (AvgIpc) is 2.72. The van der Waals surface area contributed by atoms with E-state index in [1.807, 2.05) is 18.2 Å². The summed E-state index contributed by atoms with van der Waals surface area (Å²) in [6.07, 6.45) is 5.18. The van der Waals surface area contributed by atoms with E-state index in [-0.39, 0.29) is 18.5 Å². The number of rotatable bonds is 5. The number of carbonyl (C=O) groups is 1. The Hall–Kier alpha value is -3.41. The third-order valence-electron chi connectivity index (χ3n) is 4.33. The molecule has 0 N–H and O–H groups in total. The van der Waals surface area contributed by atoms with E-state index in [0.717, 1.165) is 18.5 Å². The van der Waals surface area contributed by atoms with E-state index in [2.05, 4.69) is 16.0 Å². The van der Waals surface area contributed by atoms with Gasteiger partial charge in [0.25, 0.3) is 5.91 Å². The van der Waals surface area contributed by atoms with Crippen LogP contribution < -0.4 is 14.4 Å². The molecule has 6 heteroatoms. The zero-order valence-corrected chi connectivity index (χ0v) is 14.7. The average molecular weight is 361 g/mol. The van der Waals surface area contributed by atoms with Gasteiger partial charge in [-0.3, -0.25) is 4.79 Å². The second-order valence-electron chi connectivity index (χ2n) is 6.17. The molecule has 4 rings (SSSR count). The van der Waals surface area contributed by atoms with E-state index in [0.29, 0.717) is 18.0 Å². The van der Waals surface area contributed by atoms with E-state index in [1.165, 1.54) is 5.56 Å². The number of para-hydroxylation sites is 1. The fourth-order valence-corrected chi connectivity index (χ4v) is 3.09. The number of hydrogen-bond acceptors (Lipinski definition) is 5. The minimum atomic E-state index is -0.0557. The molecule has 0 atom stereocenters. The predicted octanol–water partition coefficient (Wildman–Crippen LogP) is 3.63. The van der Waals surface area contributed by atoms with Gasteiger partial charge in [0.1, 0.15) is 11.5 Å². The van der Waals surface area contributed by atoms with E-state index in [9.17, 15) is 4.79 Å². The summed E-state index contributed by atoms with van der Waals surface area (Å²) in [5.74, 6) is 1.05. The summed E-state index contributed by atoms with van der Waals surface area (Å²) in [5.41, 5.74) is 2.19. The molecule has 0 aliphatic carbocycles. The van der Waals surface area contributed by atoms with Crippen LogP contribution in [0.3, 0.4) is 0 Å². The molecule has 27 heavy (non-hydrogen) atoms. The fourth-order valence-electron chi connectivity index (χ4n) is 3.09. The van der Waals surface area contributed by atoms with Gasteiger partial charge in [-0.05, 0) is 42.7 Å². The Morgan fingerprint density at radius 2 is 1.81 bits per heavy atom. The zero-order chi connectivity index (χ0) is 18.5. The second kappa shape index (κ2) is 7.86. The minimum Gasteiger partial charge on any atom is -0.484 e. The highest BCUT2D eigenvalue weighted by molar-refractivity contribution is 5.95. The maximum atomic E-state index is 12.7. The van der Waals surface area contributed by atoms with Gasteiger partial charge in [0.05, 0.1) is 0 Å². The van der Waals surface area contributed by atoms with Crippen molar-refractivity contribution in [1.29, 1.82) is 0 Å². The molecule has 3 aromatic rings. The summed E-state index contributed by atoms with van der Waals surface area (Å²) in [6.45, 7) is 0.688. The fraction of sp³-hybridized carbons (Fsp3) is 0.190. The van der Waals surface area contributed by atoms with Crippen LogP contribution in [-0.2, 0) is 11.2 Å². The molecule has 0 saturated heterocycles. The number of hydrogen-bond donors (Lipinski definition) is 0. The number of aromatic nitrogens is 2. The van der Waals surface area contributed by atoms with Crippen LogP contribution in [-0.4, -0.2) is 29.0 Å². The molecule has 1 aromatic heterocycles. The first-order valence-corrected chi connectivity index (χ1v) is 8.85. The summed E-state index contributed by atoms with van der Waals surface area (Å²) in [5, 5.41) is 0. The van der Waals surface area contributed by atoms with E-state index in [4.69, 9.17) is 9.47 Å². The van der Waals surface area contributed by atoms with Gasteiger partial charge in [-0.15, -0.1) is 0 Å². The quantitative estimate of drug-likeness (QED) is 0.694. The molecule has 0 fully saturated rings. The molecule has 6 nitrogen and oxygen atoms in total. The van der Waals surface area contributed by atoms with Gasteiger partial charge in [0.15, 0.2) is 6.61 Å². The van der Waals surface area contributed by atoms with Crippen molar-refractivity contribution in [3.63, 3.8) is 0 Å². The summed E-state index contributed by atoms with van der Waals surface area (Å²) >= 11 is 0. The molecular weight excluding hydrogens is 342 g/mol.